The minimum absolute atomic E-state index is 0.0363. The Morgan fingerprint density at radius 1 is 1.29 bits per heavy atom. The molecule has 0 aromatic heterocycles. The monoisotopic (exact) mass is 331 g/mol. The number of nitrogens with zero attached hydrogens (tertiary/aromatic N) is 2. The second kappa shape index (κ2) is 6.90. The minimum atomic E-state index is -0.364. The van der Waals surface area contributed by atoms with Gasteiger partial charge in [0.15, 0.2) is 0 Å². The molecule has 1 aromatic carbocycles. The number of hydrogen-bond donors (Lipinski definition) is 1. The van der Waals surface area contributed by atoms with Gasteiger partial charge in [0.25, 0.3) is 0 Å². The van der Waals surface area contributed by atoms with E-state index in [0.29, 0.717) is 38.3 Å². The van der Waals surface area contributed by atoms with E-state index in [9.17, 15) is 14.4 Å². The summed E-state index contributed by atoms with van der Waals surface area (Å²) < 4.78 is 5.19. The van der Waals surface area contributed by atoms with Gasteiger partial charge in [-0.2, -0.15) is 0 Å². The molecule has 0 bridgehead atoms. The molecule has 1 atom stereocenters. The van der Waals surface area contributed by atoms with Gasteiger partial charge in [-0.15, -0.1) is 0 Å². The molecule has 2 aliphatic rings. The van der Waals surface area contributed by atoms with Crippen LogP contribution in [-0.4, -0.2) is 55.9 Å². The second-order valence-electron chi connectivity index (χ2n) is 6.03. The van der Waals surface area contributed by atoms with Crippen molar-refractivity contribution in [2.75, 3.05) is 38.2 Å². The Morgan fingerprint density at radius 3 is 2.92 bits per heavy atom. The molecule has 24 heavy (non-hydrogen) atoms. The zero-order valence-corrected chi connectivity index (χ0v) is 13.7. The molecule has 1 unspecified atom stereocenters. The van der Waals surface area contributed by atoms with Crippen LogP contribution < -0.4 is 15.0 Å². The van der Waals surface area contributed by atoms with Crippen molar-refractivity contribution >= 4 is 23.4 Å². The van der Waals surface area contributed by atoms with Gasteiger partial charge < -0.3 is 19.9 Å². The van der Waals surface area contributed by atoms with Gasteiger partial charge in [-0.05, 0) is 12.1 Å². The summed E-state index contributed by atoms with van der Waals surface area (Å²) in [6, 6.07) is 7.26. The lowest BCUT2D eigenvalue weighted by Gasteiger charge is -2.23. The number of carbonyl (C=O) groups is 3. The van der Waals surface area contributed by atoms with Crippen LogP contribution in [-0.2, 0) is 14.4 Å². The Labute approximate surface area is 140 Å². The first-order chi connectivity index (χ1) is 11.6. The maximum Gasteiger partial charge on any atom is 0.228 e. The van der Waals surface area contributed by atoms with Gasteiger partial charge in [0.1, 0.15) is 5.75 Å². The van der Waals surface area contributed by atoms with Crippen molar-refractivity contribution in [2.45, 2.75) is 12.8 Å². The van der Waals surface area contributed by atoms with Crippen LogP contribution in [0.2, 0.25) is 0 Å². The summed E-state index contributed by atoms with van der Waals surface area (Å²) in [7, 11) is 1.58. The van der Waals surface area contributed by atoms with Gasteiger partial charge in [-0.1, -0.05) is 6.07 Å². The number of carbonyl (C=O) groups excluding carboxylic acids is 3. The number of amides is 3. The predicted molar refractivity (Wildman–Crippen MR) is 87.7 cm³/mol. The normalized spacial score (nSPS) is 21.5. The van der Waals surface area contributed by atoms with E-state index >= 15 is 0 Å². The fourth-order valence-corrected chi connectivity index (χ4v) is 3.15. The Balaban J connectivity index is 1.69. The molecule has 128 valence electrons. The predicted octanol–water partition coefficient (Wildman–Crippen LogP) is 0.397. The van der Waals surface area contributed by atoms with Crippen molar-refractivity contribution in [1.29, 1.82) is 0 Å². The molecule has 0 spiro atoms. The highest BCUT2D eigenvalue weighted by atomic mass is 16.5. The molecule has 0 aliphatic carbocycles. The van der Waals surface area contributed by atoms with E-state index in [4.69, 9.17) is 4.74 Å². The van der Waals surface area contributed by atoms with Gasteiger partial charge in [0.2, 0.25) is 17.7 Å². The third kappa shape index (κ3) is 3.34. The minimum Gasteiger partial charge on any atom is -0.497 e. The first kappa shape index (κ1) is 16.3. The van der Waals surface area contributed by atoms with Gasteiger partial charge >= 0.3 is 0 Å². The number of nitrogens with one attached hydrogen (secondary N) is 1. The van der Waals surface area contributed by atoms with Crippen molar-refractivity contribution < 1.29 is 19.1 Å². The summed E-state index contributed by atoms with van der Waals surface area (Å²) in [5.74, 6) is 0.158. The molecule has 7 heteroatoms. The zero-order chi connectivity index (χ0) is 17.1. The molecule has 2 aliphatic heterocycles. The fourth-order valence-electron chi connectivity index (χ4n) is 3.15. The van der Waals surface area contributed by atoms with E-state index in [0.717, 1.165) is 5.69 Å². The van der Waals surface area contributed by atoms with Gasteiger partial charge in [-0.25, -0.2) is 0 Å². The van der Waals surface area contributed by atoms with Crippen molar-refractivity contribution in [1.82, 2.24) is 10.2 Å². The number of anilines is 1. The maximum absolute atomic E-state index is 12.7. The van der Waals surface area contributed by atoms with Crippen LogP contribution in [0.1, 0.15) is 12.8 Å². The van der Waals surface area contributed by atoms with Gasteiger partial charge in [-0.3, -0.25) is 14.4 Å². The molecule has 7 nitrogen and oxygen atoms in total. The number of rotatable bonds is 3. The molecular formula is C17H21N3O4. The van der Waals surface area contributed by atoms with Crippen LogP contribution in [0.3, 0.4) is 0 Å². The van der Waals surface area contributed by atoms with Crippen LogP contribution in [0.4, 0.5) is 5.69 Å². The third-order valence-electron chi connectivity index (χ3n) is 4.46. The number of ether oxygens (including phenoxy) is 1. The summed E-state index contributed by atoms with van der Waals surface area (Å²) in [6.45, 7) is 1.73. The summed E-state index contributed by atoms with van der Waals surface area (Å²) >= 11 is 0. The van der Waals surface area contributed by atoms with Crippen molar-refractivity contribution in [2.24, 2.45) is 5.92 Å². The highest BCUT2D eigenvalue weighted by Crippen LogP contribution is 2.28. The molecule has 2 fully saturated rings. The highest BCUT2D eigenvalue weighted by Gasteiger charge is 2.37. The van der Waals surface area contributed by atoms with Crippen molar-refractivity contribution in [3.8, 4) is 5.75 Å². The zero-order valence-electron chi connectivity index (χ0n) is 13.7. The van der Waals surface area contributed by atoms with Gasteiger partial charge in [0, 0.05) is 50.8 Å². The topological polar surface area (TPSA) is 79.0 Å². The van der Waals surface area contributed by atoms with Gasteiger partial charge in [0.05, 0.1) is 13.0 Å². The number of methoxy groups -OCH3 is 1. The Bertz CT molecular complexity index is 661. The van der Waals surface area contributed by atoms with Crippen LogP contribution in [0.25, 0.3) is 0 Å². The second-order valence-corrected chi connectivity index (χ2v) is 6.03. The van der Waals surface area contributed by atoms with Crippen LogP contribution in [0.15, 0.2) is 24.3 Å². The molecule has 1 aromatic rings. The lowest BCUT2D eigenvalue weighted by molar-refractivity contribution is -0.135. The third-order valence-corrected chi connectivity index (χ3v) is 4.46. The van der Waals surface area contributed by atoms with E-state index in [1.54, 1.807) is 23.0 Å². The SMILES string of the molecule is COc1cccc(N2CC(C(=O)N3CCNC(=O)CC3)CC2=O)c1. The molecule has 2 heterocycles. The number of benzene rings is 1. The summed E-state index contributed by atoms with van der Waals surface area (Å²) in [6.07, 6.45) is 0.514. The fraction of sp³-hybridized carbons (Fsp3) is 0.471. The molecule has 2 saturated heterocycles. The quantitative estimate of drug-likeness (QED) is 0.869. The molecule has 1 N–H and O–H groups in total. The summed E-state index contributed by atoms with van der Waals surface area (Å²) in [4.78, 5) is 39.7. The molecule has 3 amide bonds. The molecule has 0 saturated carbocycles. The van der Waals surface area contributed by atoms with Crippen LogP contribution >= 0.6 is 0 Å². The summed E-state index contributed by atoms with van der Waals surface area (Å²) in [5, 5.41) is 2.75. The first-order valence-electron chi connectivity index (χ1n) is 8.08. The largest absolute Gasteiger partial charge is 0.497 e. The van der Waals surface area contributed by atoms with Crippen LogP contribution in [0.5, 0.6) is 5.75 Å². The maximum atomic E-state index is 12.7. The van der Waals surface area contributed by atoms with Crippen LogP contribution in [0, 0.1) is 5.92 Å². The Kier molecular flexibility index (Phi) is 4.69. The average molecular weight is 331 g/mol. The highest BCUT2D eigenvalue weighted by molar-refractivity contribution is 6.00. The standard InChI is InChI=1S/C17H21N3O4/c1-24-14-4-2-3-13(10-14)20-11-12(9-16(20)22)17(23)19-7-5-15(21)18-6-8-19/h2-4,10,12H,5-9,11H2,1H3,(H,18,21). The van der Waals surface area contributed by atoms with Crippen molar-refractivity contribution in [3.63, 3.8) is 0 Å². The molecule has 0 radical (unpaired) electrons. The molecule has 3 rings (SSSR count). The Morgan fingerprint density at radius 2 is 2.12 bits per heavy atom. The van der Waals surface area contributed by atoms with E-state index in [1.165, 1.54) is 0 Å². The Hall–Kier alpha value is -2.57. The first-order valence-corrected chi connectivity index (χ1v) is 8.08. The lowest BCUT2D eigenvalue weighted by Crippen LogP contribution is -2.39. The smallest absolute Gasteiger partial charge is 0.228 e. The lowest BCUT2D eigenvalue weighted by atomic mass is 10.1. The van der Waals surface area contributed by atoms with E-state index < -0.39 is 0 Å². The van der Waals surface area contributed by atoms with E-state index in [2.05, 4.69) is 5.32 Å². The van der Waals surface area contributed by atoms with E-state index in [-0.39, 0.29) is 30.1 Å². The van der Waals surface area contributed by atoms with Crippen molar-refractivity contribution in [3.05, 3.63) is 24.3 Å². The molecular weight excluding hydrogens is 310 g/mol. The summed E-state index contributed by atoms with van der Waals surface area (Å²) in [5.41, 5.74) is 0.738. The van der Waals surface area contributed by atoms with E-state index in [1.807, 2.05) is 18.2 Å². The average Bonchev–Trinajstić information content (AvgIpc) is 2.85. The number of hydrogen-bond acceptors (Lipinski definition) is 4.